The van der Waals surface area contributed by atoms with E-state index in [2.05, 4.69) is 17.9 Å². The van der Waals surface area contributed by atoms with E-state index in [1.165, 1.54) is 0 Å². The van der Waals surface area contributed by atoms with Gasteiger partial charge in [-0.15, -0.1) is 0 Å². The molecule has 0 N–H and O–H groups in total. The van der Waals surface area contributed by atoms with E-state index in [1.807, 2.05) is 58.3 Å². The number of hydrogen-bond acceptors (Lipinski definition) is 5. The van der Waals surface area contributed by atoms with Crippen molar-refractivity contribution >= 4 is 17.5 Å². The van der Waals surface area contributed by atoms with Crippen molar-refractivity contribution in [3.63, 3.8) is 0 Å². The van der Waals surface area contributed by atoms with Crippen LogP contribution in [0.4, 0.5) is 5.69 Å². The number of para-hydroxylation sites is 1. The van der Waals surface area contributed by atoms with Crippen molar-refractivity contribution < 1.29 is 14.3 Å². The van der Waals surface area contributed by atoms with Crippen LogP contribution in [0.1, 0.15) is 56.2 Å². The molecule has 2 unspecified atom stereocenters. The third-order valence-electron chi connectivity index (χ3n) is 7.40. The highest BCUT2D eigenvalue weighted by atomic mass is 16.5. The molecule has 0 saturated carbocycles. The molecule has 2 aromatic carbocycles. The average molecular weight is 489 g/mol. The molecule has 0 bridgehead atoms. The van der Waals surface area contributed by atoms with Crippen molar-refractivity contribution in [2.75, 3.05) is 44.7 Å². The quantitative estimate of drug-likeness (QED) is 0.578. The molecule has 7 nitrogen and oxygen atoms in total. The van der Waals surface area contributed by atoms with Gasteiger partial charge < -0.3 is 19.4 Å². The van der Waals surface area contributed by atoms with Gasteiger partial charge in [-0.1, -0.05) is 31.5 Å². The summed E-state index contributed by atoms with van der Waals surface area (Å²) in [6.07, 6.45) is 3.71. The third kappa shape index (κ3) is 5.48. The highest BCUT2D eigenvalue weighted by molar-refractivity contribution is 5.85. The van der Waals surface area contributed by atoms with Gasteiger partial charge in [0.25, 0.3) is 0 Å². The van der Waals surface area contributed by atoms with E-state index in [1.54, 1.807) is 7.11 Å². The molecule has 4 rings (SSSR count). The first kappa shape index (κ1) is 25.6. The predicted octanol–water partition coefficient (Wildman–Crippen LogP) is 4.39. The molecule has 2 aliphatic rings. The molecule has 7 heteroatoms. The van der Waals surface area contributed by atoms with Crippen LogP contribution in [-0.2, 0) is 9.59 Å². The molecule has 2 aromatic rings. The molecule has 190 valence electrons. The number of rotatable bonds is 7. The molecule has 0 spiro atoms. The molecule has 0 radical (unpaired) electrons. The van der Waals surface area contributed by atoms with Crippen molar-refractivity contribution in [2.24, 2.45) is 5.92 Å². The number of piperidine rings is 1. The summed E-state index contributed by atoms with van der Waals surface area (Å²) < 4.78 is 5.67. The summed E-state index contributed by atoms with van der Waals surface area (Å²) in [5.74, 6) is 0.671. The second-order valence-electron chi connectivity index (χ2n) is 9.60. The van der Waals surface area contributed by atoms with Gasteiger partial charge >= 0.3 is 0 Å². The van der Waals surface area contributed by atoms with E-state index in [0.29, 0.717) is 38.0 Å². The van der Waals surface area contributed by atoms with E-state index in [9.17, 15) is 9.59 Å². The Morgan fingerprint density at radius 1 is 1.08 bits per heavy atom. The van der Waals surface area contributed by atoms with Gasteiger partial charge in [-0.2, -0.15) is 5.26 Å². The van der Waals surface area contributed by atoms with Gasteiger partial charge in [-0.25, -0.2) is 0 Å². The van der Waals surface area contributed by atoms with E-state index in [4.69, 9.17) is 10.00 Å². The first-order chi connectivity index (χ1) is 17.6. The number of carbonyl (C=O) groups is 2. The van der Waals surface area contributed by atoms with Gasteiger partial charge in [-0.3, -0.25) is 9.59 Å². The maximum Gasteiger partial charge on any atom is 0.228 e. The van der Waals surface area contributed by atoms with E-state index >= 15 is 0 Å². The van der Waals surface area contributed by atoms with Gasteiger partial charge in [0.2, 0.25) is 11.8 Å². The number of methoxy groups -OCH3 is 1. The normalized spacial score (nSPS) is 20.6. The van der Waals surface area contributed by atoms with Crippen molar-refractivity contribution in [2.45, 2.75) is 45.1 Å². The summed E-state index contributed by atoms with van der Waals surface area (Å²) >= 11 is 0. The first-order valence-corrected chi connectivity index (χ1v) is 13.0. The minimum absolute atomic E-state index is 0.117. The van der Waals surface area contributed by atoms with Gasteiger partial charge in [0, 0.05) is 50.4 Å². The number of benzene rings is 2. The largest absolute Gasteiger partial charge is 0.496 e. The zero-order valence-electron chi connectivity index (χ0n) is 21.4. The number of hydrogen-bond donors (Lipinski definition) is 0. The summed E-state index contributed by atoms with van der Waals surface area (Å²) in [6, 6.07) is 17.3. The van der Waals surface area contributed by atoms with Gasteiger partial charge in [0.15, 0.2) is 0 Å². The summed E-state index contributed by atoms with van der Waals surface area (Å²) in [4.78, 5) is 33.3. The molecule has 2 aliphatic heterocycles. The topological polar surface area (TPSA) is 76.9 Å². The van der Waals surface area contributed by atoms with E-state index in [-0.39, 0.29) is 23.8 Å². The molecule has 2 fully saturated rings. The Labute approximate surface area is 214 Å². The maximum atomic E-state index is 14.0. The minimum Gasteiger partial charge on any atom is -0.496 e. The number of unbranched alkanes of at least 4 members (excludes halogenated alkanes) is 1. The summed E-state index contributed by atoms with van der Waals surface area (Å²) in [7, 11) is 1.64. The SMILES string of the molecule is CCCCN1C(=O)CCC(C(=O)N2CCCN(c3ccc(C#N)cc3)CC2)C1c1ccccc1OC. The Kier molecular flexibility index (Phi) is 8.48. The Bertz CT molecular complexity index is 1090. The lowest BCUT2D eigenvalue weighted by Crippen LogP contribution is -2.50. The van der Waals surface area contributed by atoms with Crippen LogP contribution in [0.5, 0.6) is 5.75 Å². The van der Waals surface area contributed by atoms with Crippen LogP contribution in [0.2, 0.25) is 0 Å². The van der Waals surface area contributed by atoms with Crippen LogP contribution in [0.3, 0.4) is 0 Å². The molecule has 0 aromatic heterocycles. The maximum absolute atomic E-state index is 14.0. The fourth-order valence-electron chi connectivity index (χ4n) is 5.48. The number of amides is 2. The first-order valence-electron chi connectivity index (χ1n) is 13.0. The summed E-state index contributed by atoms with van der Waals surface area (Å²) in [5.41, 5.74) is 2.63. The molecular weight excluding hydrogens is 452 g/mol. The number of anilines is 1. The van der Waals surface area contributed by atoms with Crippen molar-refractivity contribution in [3.8, 4) is 11.8 Å². The van der Waals surface area contributed by atoms with Crippen molar-refractivity contribution in [3.05, 3.63) is 59.7 Å². The number of likely N-dealkylation sites (tertiary alicyclic amines) is 1. The lowest BCUT2D eigenvalue weighted by molar-refractivity contribution is -0.148. The van der Waals surface area contributed by atoms with E-state index in [0.717, 1.165) is 49.4 Å². The summed E-state index contributed by atoms with van der Waals surface area (Å²) in [5, 5.41) is 9.08. The van der Waals surface area contributed by atoms with Crippen LogP contribution < -0.4 is 9.64 Å². The Hall–Kier alpha value is -3.53. The number of nitrogens with zero attached hydrogens (tertiary/aromatic N) is 4. The average Bonchev–Trinajstić information content (AvgIpc) is 3.18. The zero-order chi connectivity index (χ0) is 25.5. The molecule has 2 saturated heterocycles. The van der Waals surface area contributed by atoms with Crippen LogP contribution >= 0.6 is 0 Å². The van der Waals surface area contributed by atoms with Crippen LogP contribution in [0, 0.1) is 17.2 Å². The van der Waals surface area contributed by atoms with Gasteiger partial charge in [0.1, 0.15) is 5.75 Å². The lowest BCUT2D eigenvalue weighted by atomic mass is 9.82. The summed E-state index contributed by atoms with van der Waals surface area (Å²) in [6.45, 7) is 5.69. The monoisotopic (exact) mass is 488 g/mol. The highest BCUT2D eigenvalue weighted by Crippen LogP contribution is 2.41. The number of carbonyl (C=O) groups excluding carboxylic acids is 2. The Morgan fingerprint density at radius 2 is 1.86 bits per heavy atom. The smallest absolute Gasteiger partial charge is 0.228 e. The van der Waals surface area contributed by atoms with Gasteiger partial charge in [-0.05, 0) is 49.6 Å². The minimum atomic E-state index is -0.320. The Morgan fingerprint density at radius 3 is 2.58 bits per heavy atom. The van der Waals surface area contributed by atoms with Crippen molar-refractivity contribution in [1.29, 1.82) is 5.26 Å². The second kappa shape index (κ2) is 11.9. The second-order valence-corrected chi connectivity index (χ2v) is 9.60. The van der Waals surface area contributed by atoms with Crippen LogP contribution in [0.15, 0.2) is 48.5 Å². The molecule has 2 amide bonds. The van der Waals surface area contributed by atoms with E-state index < -0.39 is 0 Å². The molecule has 2 atom stereocenters. The molecule has 36 heavy (non-hydrogen) atoms. The lowest BCUT2D eigenvalue weighted by Gasteiger charge is -2.42. The molecule has 2 heterocycles. The Balaban J connectivity index is 1.56. The predicted molar refractivity (Wildman–Crippen MR) is 140 cm³/mol. The third-order valence-corrected chi connectivity index (χ3v) is 7.40. The van der Waals surface area contributed by atoms with Crippen LogP contribution in [-0.4, -0.2) is 61.4 Å². The molecular formula is C29H36N4O3. The fourth-order valence-corrected chi connectivity index (χ4v) is 5.48. The number of nitriles is 1. The van der Waals surface area contributed by atoms with Gasteiger partial charge in [0.05, 0.1) is 30.7 Å². The molecule has 0 aliphatic carbocycles. The van der Waals surface area contributed by atoms with Crippen molar-refractivity contribution in [1.82, 2.24) is 9.80 Å². The fraction of sp³-hybridized carbons (Fsp3) is 0.483. The highest BCUT2D eigenvalue weighted by Gasteiger charge is 2.43. The number of ether oxygens (including phenoxy) is 1. The standard InChI is InChI=1S/C29H36N4O3/c1-3-4-18-33-27(34)15-14-25(28(33)24-8-5-6-9-26(24)36-2)29(35)32-17-7-16-31(19-20-32)23-12-10-22(21-30)11-13-23/h5-6,8-13,25,28H,3-4,7,14-20H2,1-2H3. The van der Waals surface area contributed by atoms with Crippen LogP contribution in [0.25, 0.3) is 0 Å². The zero-order valence-corrected chi connectivity index (χ0v) is 21.4.